The van der Waals surface area contributed by atoms with Crippen LogP contribution in [0.2, 0.25) is 0 Å². The van der Waals surface area contributed by atoms with E-state index in [4.69, 9.17) is 4.74 Å². The standard InChI is InChI=1S/C26H20N2O5/c29-16-19-13-12-18(15-25(19)28(31)32)7-5-6-14-27-26(30)33-17-24-22-10-3-1-8-20(22)21-9-2-4-11-23(21)24/h1-4,8-13,15-16,24H,6,14,17H2,(H,27,30). The van der Waals surface area contributed by atoms with Crippen molar-refractivity contribution in [3.05, 3.63) is 99.1 Å². The lowest BCUT2D eigenvalue weighted by Crippen LogP contribution is -2.26. The fourth-order valence-electron chi connectivity index (χ4n) is 3.92. The number of benzene rings is 3. The third-order valence-corrected chi connectivity index (χ3v) is 5.45. The van der Waals surface area contributed by atoms with Crippen molar-refractivity contribution in [3.8, 4) is 23.0 Å². The van der Waals surface area contributed by atoms with Gasteiger partial charge in [0.05, 0.1) is 10.5 Å². The number of hydrogen-bond acceptors (Lipinski definition) is 5. The number of hydrogen-bond donors (Lipinski definition) is 1. The van der Waals surface area contributed by atoms with E-state index in [1.165, 1.54) is 23.3 Å². The maximum absolute atomic E-state index is 12.2. The number of amides is 1. The zero-order chi connectivity index (χ0) is 23.2. The minimum Gasteiger partial charge on any atom is -0.449 e. The van der Waals surface area contributed by atoms with Gasteiger partial charge in [-0.1, -0.05) is 60.4 Å². The average molecular weight is 440 g/mol. The van der Waals surface area contributed by atoms with Crippen LogP contribution in [0.5, 0.6) is 0 Å². The largest absolute Gasteiger partial charge is 0.449 e. The van der Waals surface area contributed by atoms with Crippen LogP contribution in [-0.2, 0) is 4.74 Å². The molecule has 0 aliphatic heterocycles. The Morgan fingerprint density at radius 3 is 2.36 bits per heavy atom. The number of rotatable bonds is 6. The second-order valence-electron chi connectivity index (χ2n) is 7.45. The normalized spacial score (nSPS) is 11.5. The van der Waals surface area contributed by atoms with Gasteiger partial charge in [-0.2, -0.15) is 0 Å². The van der Waals surface area contributed by atoms with Crippen LogP contribution in [0, 0.1) is 22.0 Å². The summed E-state index contributed by atoms with van der Waals surface area (Å²) in [5.41, 5.74) is 4.76. The van der Waals surface area contributed by atoms with Crippen molar-refractivity contribution in [3.63, 3.8) is 0 Å². The molecular formula is C26H20N2O5. The van der Waals surface area contributed by atoms with E-state index >= 15 is 0 Å². The van der Waals surface area contributed by atoms with Crippen LogP contribution in [0.1, 0.15) is 39.4 Å². The number of carbonyl (C=O) groups is 2. The quantitative estimate of drug-likeness (QED) is 0.197. The number of aldehydes is 1. The molecule has 1 N–H and O–H groups in total. The Balaban J connectivity index is 1.29. The van der Waals surface area contributed by atoms with Gasteiger partial charge in [0, 0.05) is 30.5 Å². The summed E-state index contributed by atoms with van der Waals surface area (Å²) in [6, 6.07) is 20.4. The van der Waals surface area contributed by atoms with Gasteiger partial charge in [-0.25, -0.2) is 4.79 Å². The zero-order valence-corrected chi connectivity index (χ0v) is 17.6. The van der Waals surface area contributed by atoms with Crippen LogP contribution in [0.3, 0.4) is 0 Å². The number of fused-ring (bicyclic) bond motifs is 3. The molecule has 0 saturated carbocycles. The number of nitrogens with one attached hydrogen (secondary N) is 1. The average Bonchev–Trinajstić information content (AvgIpc) is 3.16. The molecule has 0 bridgehead atoms. The molecule has 7 heteroatoms. The summed E-state index contributed by atoms with van der Waals surface area (Å²) in [7, 11) is 0. The first-order valence-corrected chi connectivity index (χ1v) is 10.4. The molecule has 0 spiro atoms. The molecule has 0 radical (unpaired) electrons. The lowest BCUT2D eigenvalue weighted by molar-refractivity contribution is -0.385. The molecule has 1 aliphatic carbocycles. The molecule has 1 aliphatic rings. The molecule has 0 heterocycles. The Labute approximate surface area is 190 Å². The minimum absolute atomic E-state index is 0.00229. The van der Waals surface area contributed by atoms with Crippen LogP contribution >= 0.6 is 0 Å². The number of nitro groups is 1. The van der Waals surface area contributed by atoms with E-state index in [-0.39, 0.29) is 30.3 Å². The van der Waals surface area contributed by atoms with Gasteiger partial charge in [-0.05, 0) is 34.4 Å². The lowest BCUT2D eigenvalue weighted by Gasteiger charge is -2.14. The fraction of sp³-hybridized carbons (Fsp3) is 0.154. The van der Waals surface area contributed by atoms with Crippen molar-refractivity contribution in [2.75, 3.05) is 13.2 Å². The number of carbonyl (C=O) groups excluding carboxylic acids is 2. The van der Waals surface area contributed by atoms with Crippen LogP contribution in [0.15, 0.2) is 66.7 Å². The van der Waals surface area contributed by atoms with Crippen molar-refractivity contribution in [2.24, 2.45) is 0 Å². The number of nitrogens with zero attached hydrogens (tertiary/aromatic N) is 1. The lowest BCUT2D eigenvalue weighted by atomic mass is 9.98. The van der Waals surface area contributed by atoms with Crippen LogP contribution in [0.4, 0.5) is 10.5 Å². The first-order valence-electron chi connectivity index (χ1n) is 10.4. The molecule has 4 rings (SSSR count). The molecule has 0 fully saturated rings. The maximum atomic E-state index is 12.2. The summed E-state index contributed by atoms with van der Waals surface area (Å²) in [4.78, 5) is 33.4. The Bertz CT molecular complexity index is 1240. The molecule has 0 unspecified atom stereocenters. The van der Waals surface area contributed by atoms with Crippen LogP contribution < -0.4 is 5.32 Å². The Morgan fingerprint density at radius 1 is 1.06 bits per heavy atom. The molecule has 0 aromatic heterocycles. The molecule has 0 saturated heterocycles. The second-order valence-corrected chi connectivity index (χ2v) is 7.45. The van der Waals surface area contributed by atoms with E-state index in [0.717, 1.165) is 11.1 Å². The summed E-state index contributed by atoms with van der Waals surface area (Å²) in [6.07, 6.45) is 0.255. The highest BCUT2D eigenvalue weighted by molar-refractivity contribution is 5.82. The van der Waals surface area contributed by atoms with Crippen molar-refractivity contribution in [2.45, 2.75) is 12.3 Å². The highest BCUT2D eigenvalue weighted by Gasteiger charge is 2.28. The number of nitro benzene ring substituents is 1. The van der Waals surface area contributed by atoms with Crippen LogP contribution in [-0.4, -0.2) is 30.5 Å². The van der Waals surface area contributed by atoms with E-state index in [0.29, 0.717) is 18.3 Å². The first-order chi connectivity index (χ1) is 16.1. The third kappa shape index (κ3) is 4.75. The van der Waals surface area contributed by atoms with E-state index in [1.54, 1.807) is 6.07 Å². The topological polar surface area (TPSA) is 98.5 Å². The molecule has 0 atom stereocenters. The Hall–Kier alpha value is -4.44. The molecular weight excluding hydrogens is 420 g/mol. The maximum Gasteiger partial charge on any atom is 0.407 e. The van der Waals surface area contributed by atoms with Gasteiger partial charge in [0.25, 0.3) is 5.69 Å². The summed E-state index contributed by atoms with van der Waals surface area (Å²) in [6.45, 7) is 0.510. The van der Waals surface area contributed by atoms with Gasteiger partial charge < -0.3 is 10.1 Å². The van der Waals surface area contributed by atoms with Gasteiger partial charge >= 0.3 is 6.09 Å². The zero-order valence-electron chi connectivity index (χ0n) is 17.6. The van der Waals surface area contributed by atoms with E-state index < -0.39 is 11.0 Å². The van der Waals surface area contributed by atoms with Crippen molar-refractivity contribution in [1.29, 1.82) is 0 Å². The highest BCUT2D eigenvalue weighted by atomic mass is 16.6. The SMILES string of the molecule is O=Cc1ccc(C#CCCNC(=O)OCC2c3ccccc3-c3ccccc32)cc1[N+](=O)[O-]. The van der Waals surface area contributed by atoms with Crippen molar-refractivity contribution >= 4 is 18.1 Å². The smallest absolute Gasteiger partial charge is 0.407 e. The fourth-order valence-corrected chi connectivity index (χ4v) is 3.92. The van der Waals surface area contributed by atoms with Gasteiger partial charge in [-0.15, -0.1) is 0 Å². The van der Waals surface area contributed by atoms with Crippen molar-refractivity contribution in [1.82, 2.24) is 5.32 Å². The number of ether oxygens (including phenoxy) is 1. The summed E-state index contributed by atoms with van der Waals surface area (Å²) in [5.74, 6) is 5.65. The Kier molecular flexibility index (Phi) is 6.46. The molecule has 1 amide bonds. The monoisotopic (exact) mass is 440 g/mol. The van der Waals surface area contributed by atoms with Gasteiger partial charge in [-0.3, -0.25) is 14.9 Å². The predicted molar refractivity (Wildman–Crippen MR) is 123 cm³/mol. The molecule has 3 aromatic rings. The number of alkyl carbamates (subject to hydrolysis) is 1. The van der Waals surface area contributed by atoms with Gasteiger partial charge in [0.2, 0.25) is 0 Å². The Morgan fingerprint density at radius 2 is 1.73 bits per heavy atom. The summed E-state index contributed by atoms with van der Waals surface area (Å²) in [5, 5.41) is 13.7. The minimum atomic E-state index is -0.617. The highest BCUT2D eigenvalue weighted by Crippen LogP contribution is 2.44. The molecule has 164 valence electrons. The van der Waals surface area contributed by atoms with Gasteiger partial charge in [0.15, 0.2) is 6.29 Å². The second kappa shape index (κ2) is 9.79. The van der Waals surface area contributed by atoms with Crippen LogP contribution in [0.25, 0.3) is 11.1 Å². The predicted octanol–water partition coefficient (Wildman–Crippen LogP) is 4.69. The first kappa shape index (κ1) is 21.8. The van der Waals surface area contributed by atoms with E-state index in [9.17, 15) is 19.7 Å². The third-order valence-electron chi connectivity index (χ3n) is 5.45. The van der Waals surface area contributed by atoms with Crippen molar-refractivity contribution < 1.29 is 19.2 Å². The van der Waals surface area contributed by atoms with E-state index in [1.807, 2.05) is 24.3 Å². The molecule has 3 aromatic carbocycles. The molecule has 7 nitrogen and oxygen atoms in total. The summed E-state index contributed by atoms with van der Waals surface area (Å²) < 4.78 is 5.47. The summed E-state index contributed by atoms with van der Waals surface area (Å²) >= 11 is 0. The van der Waals surface area contributed by atoms with Gasteiger partial charge in [0.1, 0.15) is 6.61 Å². The molecule has 33 heavy (non-hydrogen) atoms. The van der Waals surface area contributed by atoms with E-state index in [2.05, 4.69) is 41.4 Å².